The molecular weight excluding hydrogens is 407 g/mol. The van der Waals surface area contributed by atoms with E-state index in [9.17, 15) is 13.2 Å². The van der Waals surface area contributed by atoms with Crippen LogP contribution in [0.25, 0.3) is 0 Å². The van der Waals surface area contributed by atoms with Crippen LogP contribution in [0, 0.1) is 6.92 Å². The van der Waals surface area contributed by atoms with Crippen LogP contribution in [0.1, 0.15) is 30.9 Å². The lowest BCUT2D eigenvalue weighted by Crippen LogP contribution is -2.37. The fraction of sp³-hybridized carbons (Fsp3) is 0.316. The predicted molar refractivity (Wildman–Crippen MR) is 113 cm³/mol. The third-order valence-corrected chi connectivity index (χ3v) is 5.95. The number of sulfonamides is 1. The minimum absolute atomic E-state index is 0.210. The van der Waals surface area contributed by atoms with Crippen molar-refractivity contribution in [2.75, 3.05) is 22.4 Å². The second-order valence-corrected chi connectivity index (χ2v) is 9.33. The van der Waals surface area contributed by atoms with Crippen molar-refractivity contribution in [2.24, 2.45) is 0 Å². The first-order valence-corrected chi connectivity index (χ1v) is 10.9. The first kappa shape index (κ1) is 21.5. The second kappa shape index (κ2) is 8.50. The fourth-order valence-electron chi connectivity index (χ4n) is 2.69. The van der Waals surface area contributed by atoms with Crippen molar-refractivity contribution in [3.8, 4) is 0 Å². The van der Waals surface area contributed by atoms with Gasteiger partial charge in [-0.25, -0.2) is 8.42 Å². The molecule has 8 heteroatoms. The number of benzene rings is 2. The van der Waals surface area contributed by atoms with Gasteiger partial charge in [-0.3, -0.25) is 9.10 Å². The van der Waals surface area contributed by atoms with Crippen LogP contribution >= 0.6 is 23.2 Å². The molecule has 0 unspecified atom stereocenters. The number of nitrogens with one attached hydrogen (secondary N) is 1. The maximum atomic E-state index is 12.6. The fourth-order valence-corrected chi connectivity index (χ4v) is 3.83. The smallest absolute Gasteiger partial charge is 0.245 e. The van der Waals surface area contributed by atoms with E-state index >= 15 is 0 Å². The number of nitrogens with zero attached hydrogens (tertiary/aromatic N) is 1. The third-order valence-electron chi connectivity index (χ3n) is 4.07. The molecule has 0 radical (unpaired) electrons. The number of aryl methyl sites for hydroxylation is 1. The molecule has 2 rings (SSSR count). The average molecular weight is 429 g/mol. The molecule has 2 aromatic carbocycles. The molecule has 0 spiro atoms. The zero-order valence-corrected chi connectivity index (χ0v) is 17.9. The number of rotatable bonds is 6. The Morgan fingerprint density at radius 2 is 1.81 bits per heavy atom. The van der Waals surface area contributed by atoms with Gasteiger partial charge in [-0.15, -0.1) is 0 Å². The summed E-state index contributed by atoms with van der Waals surface area (Å²) >= 11 is 11.9. The first-order chi connectivity index (χ1) is 12.5. The summed E-state index contributed by atoms with van der Waals surface area (Å²) in [4.78, 5) is 12.6. The maximum Gasteiger partial charge on any atom is 0.245 e. The van der Waals surface area contributed by atoms with Gasteiger partial charge in [0.15, 0.2) is 0 Å². The lowest BCUT2D eigenvalue weighted by Gasteiger charge is -2.23. The minimum atomic E-state index is -3.70. The van der Waals surface area contributed by atoms with Crippen molar-refractivity contribution >= 4 is 50.5 Å². The summed E-state index contributed by atoms with van der Waals surface area (Å²) in [6.45, 7) is 5.59. The Morgan fingerprint density at radius 1 is 1.15 bits per heavy atom. The van der Waals surface area contributed by atoms with E-state index < -0.39 is 15.9 Å². The highest BCUT2D eigenvalue weighted by atomic mass is 35.5. The highest BCUT2D eigenvalue weighted by Crippen LogP contribution is 2.29. The molecule has 1 amide bonds. The van der Waals surface area contributed by atoms with E-state index in [1.807, 2.05) is 39.0 Å². The molecule has 0 aromatic heterocycles. The number of hydrogen-bond acceptors (Lipinski definition) is 3. The number of halogens is 2. The zero-order chi connectivity index (χ0) is 20.4. The monoisotopic (exact) mass is 428 g/mol. The summed E-state index contributed by atoms with van der Waals surface area (Å²) in [6.07, 6.45) is 1.04. The molecule has 0 atom stereocenters. The number of para-hydroxylation sites is 1. The molecule has 146 valence electrons. The quantitative estimate of drug-likeness (QED) is 0.715. The van der Waals surface area contributed by atoms with Gasteiger partial charge in [0.2, 0.25) is 15.9 Å². The molecule has 0 saturated heterocycles. The van der Waals surface area contributed by atoms with Gasteiger partial charge in [-0.2, -0.15) is 0 Å². The van der Waals surface area contributed by atoms with Crippen LogP contribution in [0.4, 0.5) is 11.4 Å². The number of amides is 1. The van der Waals surface area contributed by atoms with Crippen LogP contribution in [0.15, 0.2) is 36.4 Å². The molecule has 0 aliphatic heterocycles. The lowest BCUT2D eigenvalue weighted by molar-refractivity contribution is -0.114. The summed E-state index contributed by atoms with van der Waals surface area (Å²) in [6, 6.07) is 10.2. The normalized spacial score (nSPS) is 11.5. The largest absolute Gasteiger partial charge is 0.324 e. The van der Waals surface area contributed by atoms with E-state index in [1.165, 1.54) is 18.2 Å². The number of carbonyl (C=O) groups is 1. The maximum absolute atomic E-state index is 12.6. The Balaban J connectivity index is 2.32. The lowest BCUT2D eigenvalue weighted by atomic mass is 9.98. The number of anilines is 2. The summed E-state index contributed by atoms with van der Waals surface area (Å²) in [5, 5.41) is 3.37. The van der Waals surface area contributed by atoms with E-state index in [-0.39, 0.29) is 23.2 Å². The Labute approximate surface area is 170 Å². The molecule has 5 nitrogen and oxygen atoms in total. The molecule has 0 aliphatic rings. The van der Waals surface area contributed by atoms with Crippen LogP contribution in [0.5, 0.6) is 0 Å². The van der Waals surface area contributed by atoms with Crippen LogP contribution in [0.3, 0.4) is 0 Å². The number of carbonyl (C=O) groups excluding carboxylic acids is 1. The van der Waals surface area contributed by atoms with Crippen LogP contribution < -0.4 is 9.62 Å². The Morgan fingerprint density at radius 3 is 2.37 bits per heavy atom. The van der Waals surface area contributed by atoms with Crippen molar-refractivity contribution < 1.29 is 13.2 Å². The third kappa shape index (κ3) is 5.37. The number of hydrogen-bond donors (Lipinski definition) is 1. The molecule has 0 saturated carbocycles. The van der Waals surface area contributed by atoms with Gasteiger partial charge in [0.05, 0.1) is 22.0 Å². The molecule has 0 aliphatic carbocycles. The van der Waals surface area contributed by atoms with E-state index in [0.29, 0.717) is 10.7 Å². The molecule has 0 bridgehead atoms. The van der Waals surface area contributed by atoms with Crippen molar-refractivity contribution in [2.45, 2.75) is 26.7 Å². The first-order valence-electron chi connectivity index (χ1n) is 8.33. The molecule has 0 heterocycles. The predicted octanol–water partition coefficient (Wildman–Crippen LogP) is 4.83. The van der Waals surface area contributed by atoms with Gasteiger partial charge in [-0.05, 0) is 42.2 Å². The van der Waals surface area contributed by atoms with Crippen molar-refractivity contribution in [3.05, 3.63) is 57.6 Å². The Kier molecular flexibility index (Phi) is 6.78. The van der Waals surface area contributed by atoms with E-state index in [2.05, 4.69) is 5.32 Å². The Hall–Kier alpha value is -1.76. The minimum Gasteiger partial charge on any atom is -0.324 e. The van der Waals surface area contributed by atoms with Crippen molar-refractivity contribution in [1.29, 1.82) is 0 Å². The zero-order valence-electron chi connectivity index (χ0n) is 15.6. The molecule has 27 heavy (non-hydrogen) atoms. The Bertz CT molecular complexity index is 959. The summed E-state index contributed by atoms with van der Waals surface area (Å²) in [7, 11) is -3.70. The molecule has 2 aromatic rings. The summed E-state index contributed by atoms with van der Waals surface area (Å²) in [5.41, 5.74) is 2.88. The van der Waals surface area contributed by atoms with Gasteiger partial charge in [0.25, 0.3) is 0 Å². The summed E-state index contributed by atoms with van der Waals surface area (Å²) < 4.78 is 25.5. The van der Waals surface area contributed by atoms with Crippen LogP contribution in [-0.2, 0) is 14.8 Å². The van der Waals surface area contributed by atoms with Crippen LogP contribution in [0.2, 0.25) is 10.0 Å². The highest BCUT2D eigenvalue weighted by Gasteiger charge is 2.22. The van der Waals surface area contributed by atoms with Gasteiger partial charge < -0.3 is 5.32 Å². The highest BCUT2D eigenvalue weighted by molar-refractivity contribution is 7.92. The van der Waals surface area contributed by atoms with Crippen molar-refractivity contribution in [1.82, 2.24) is 0 Å². The van der Waals surface area contributed by atoms with Gasteiger partial charge >= 0.3 is 0 Å². The van der Waals surface area contributed by atoms with E-state index in [0.717, 1.165) is 21.7 Å². The van der Waals surface area contributed by atoms with Crippen LogP contribution in [-0.4, -0.2) is 27.1 Å². The van der Waals surface area contributed by atoms with E-state index in [4.69, 9.17) is 23.2 Å². The van der Waals surface area contributed by atoms with Gasteiger partial charge in [0.1, 0.15) is 6.54 Å². The second-order valence-electron chi connectivity index (χ2n) is 6.61. The van der Waals surface area contributed by atoms with E-state index in [1.54, 1.807) is 0 Å². The van der Waals surface area contributed by atoms with Gasteiger partial charge in [0, 0.05) is 5.69 Å². The topological polar surface area (TPSA) is 66.5 Å². The van der Waals surface area contributed by atoms with Crippen molar-refractivity contribution in [3.63, 3.8) is 0 Å². The molecule has 0 fully saturated rings. The average Bonchev–Trinajstić information content (AvgIpc) is 2.56. The SMILES string of the molecule is Cc1cccc(C(C)C)c1NC(=O)CN(c1ccc(Cl)c(Cl)c1)S(C)(=O)=O. The molecule has 1 N–H and O–H groups in total. The molecular formula is C19H22Cl2N2O3S. The summed E-state index contributed by atoms with van der Waals surface area (Å²) in [5.74, 6) is -0.232. The van der Waals surface area contributed by atoms with Gasteiger partial charge in [-0.1, -0.05) is 55.2 Å². The standard InChI is InChI=1S/C19H22Cl2N2O3S/c1-12(2)15-7-5-6-13(3)19(15)22-18(24)11-23(27(4,25)26)14-8-9-16(20)17(21)10-14/h5-10,12H,11H2,1-4H3,(H,22,24).